The van der Waals surface area contributed by atoms with E-state index in [4.69, 9.17) is 10.5 Å². The van der Waals surface area contributed by atoms with Crippen LogP contribution in [0.2, 0.25) is 0 Å². The summed E-state index contributed by atoms with van der Waals surface area (Å²) in [4.78, 5) is 3.76. The van der Waals surface area contributed by atoms with E-state index < -0.39 is 0 Å². The van der Waals surface area contributed by atoms with Gasteiger partial charge in [-0.25, -0.2) is 0 Å². The van der Waals surface area contributed by atoms with E-state index in [1.807, 2.05) is 29.0 Å². The zero-order valence-electron chi connectivity index (χ0n) is 10.5. The summed E-state index contributed by atoms with van der Waals surface area (Å²) in [5.41, 5.74) is 7.69. The molecule has 0 unspecified atom stereocenters. The summed E-state index contributed by atoms with van der Waals surface area (Å²) < 4.78 is 5.23. The van der Waals surface area contributed by atoms with Crippen LogP contribution in [-0.2, 0) is 0 Å². The van der Waals surface area contributed by atoms with Crippen molar-refractivity contribution in [2.75, 3.05) is 12.8 Å². The molecule has 3 nitrogen and oxygen atoms in total. The molecule has 0 fully saturated rings. The normalized spacial score (nSPS) is 10.4. The number of methoxy groups -OCH3 is 1. The van der Waals surface area contributed by atoms with E-state index >= 15 is 0 Å². The molecule has 3 rings (SSSR count). The highest BCUT2D eigenvalue weighted by molar-refractivity contribution is 7.23. The Hall–Kier alpha value is -1.81. The molecule has 0 aliphatic rings. The van der Waals surface area contributed by atoms with Gasteiger partial charge in [-0.1, -0.05) is 6.07 Å². The maximum Gasteiger partial charge on any atom is 0.130 e. The summed E-state index contributed by atoms with van der Waals surface area (Å²) in [5.74, 6) is 0.826. The van der Waals surface area contributed by atoms with Crippen LogP contribution in [-0.4, -0.2) is 7.11 Å². The van der Waals surface area contributed by atoms with Crippen LogP contribution in [0.15, 0.2) is 29.0 Å². The third-order valence-electron chi connectivity index (χ3n) is 2.85. The molecule has 6 heteroatoms. The molecular formula is C14H10N2OS3. The molecule has 0 aliphatic carbocycles. The van der Waals surface area contributed by atoms with Gasteiger partial charge in [-0.3, -0.25) is 0 Å². The Morgan fingerprint density at radius 2 is 2.15 bits per heavy atom. The predicted octanol–water partition coefficient (Wildman–Crippen LogP) is 4.67. The lowest BCUT2D eigenvalue weighted by Gasteiger charge is -2.00. The number of rotatable bonds is 3. The van der Waals surface area contributed by atoms with Crippen LogP contribution < -0.4 is 10.5 Å². The van der Waals surface area contributed by atoms with Crippen LogP contribution in [0, 0.1) is 11.3 Å². The Bertz CT molecular complexity index is 778. The van der Waals surface area contributed by atoms with Gasteiger partial charge in [-0.2, -0.15) is 5.26 Å². The summed E-state index contributed by atoms with van der Waals surface area (Å²) in [5, 5.41) is 13.2. The molecule has 0 bridgehead atoms. The smallest absolute Gasteiger partial charge is 0.130 e. The van der Waals surface area contributed by atoms with Crippen LogP contribution in [0.5, 0.6) is 5.75 Å². The van der Waals surface area contributed by atoms with Gasteiger partial charge < -0.3 is 10.5 Å². The first-order valence-corrected chi connectivity index (χ1v) is 8.31. The summed E-state index contributed by atoms with van der Waals surface area (Å²) >= 11 is 4.66. The zero-order chi connectivity index (χ0) is 14.1. The maximum atomic E-state index is 9.21. The highest BCUT2D eigenvalue weighted by Gasteiger charge is 2.20. The van der Waals surface area contributed by atoms with E-state index in [1.54, 1.807) is 29.8 Å². The molecule has 0 aromatic carbocycles. The van der Waals surface area contributed by atoms with Crippen molar-refractivity contribution < 1.29 is 4.74 Å². The topological polar surface area (TPSA) is 59.0 Å². The van der Waals surface area contributed by atoms with E-state index in [2.05, 4.69) is 6.07 Å². The van der Waals surface area contributed by atoms with Gasteiger partial charge in [0.1, 0.15) is 16.7 Å². The van der Waals surface area contributed by atoms with Crippen LogP contribution in [0.1, 0.15) is 4.88 Å². The lowest BCUT2D eigenvalue weighted by atomic mass is 10.1. The van der Waals surface area contributed by atoms with Crippen LogP contribution in [0.4, 0.5) is 5.69 Å². The van der Waals surface area contributed by atoms with Crippen molar-refractivity contribution in [2.24, 2.45) is 0 Å². The fourth-order valence-corrected chi connectivity index (χ4v) is 4.78. The highest BCUT2D eigenvalue weighted by atomic mass is 32.1. The number of nitrogens with two attached hydrogens (primary N) is 1. The largest absolute Gasteiger partial charge is 0.496 e. The Morgan fingerprint density at radius 1 is 1.30 bits per heavy atom. The third kappa shape index (κ3) is 2.10. The highest BCUT2D eigenvalue weighted by Crippen LogP contribution is 2.48. The number of ether oxygens (including phenoxy) is 1. The molecule has 0 amide bonds. The standard InChI is InChI=1S/C14H10N2OS3/c1-17-8-5-10(19-7-8)14-12(9-3-2-4-18-9)13(16)11(6-15)20-14/h2-5,7H,16H2,1H3. The van der Waals surface area contributed by atoms with E-state index in [-0.39, 0.29) is 0 Å². The summed E-state index contributed by atoms with van der Waals surface area (Å²) in [6, 6.07) is 8.17. The van der Waals surface area contributed by atoms with Gasteiger partial charge in [0, 0.05) is 20.7 Å². The van der Waals surface area contributed by atoms with Crippen molar-refractivity contribution in [3.63, 3.8) is 0 Å². The molecular weight excluding hydrogens is 308 g/mol. The first-order valence-electron chi connectivity index (χ1n) is 5.73. The molecule has 0 atom stereocenters. The van der Waals surface area contributed by atoms with Crippen LogP contribution >= 0.6 is 34.0 Å². The SMILES string of the molecule is COc1csc(-c2sc(C#N)c(N)c2-c2cccs2)c1. The van der Waals surface area contributed by atoms with Crippen molar-refractivity contribution in [1.82, 2.24) is 0 Å². The van der Waals surface area contributed by atoms with Gasteiger partial charge in [-0.05, 0) is 17.5 Å². The molecule has 0 saturated heterocycles. The summed E-state index contributed by atoms with van der Waals surface area (Å²) in [7, 11) is 1.65. The molecule has 0 radical (unpaired) electrons. The van der Waals surface area contributed by atoms with Gasteiger partial charge in [0.05, 0.1) is 17.7 Å². The fraction of sp³-hybridized carbons (Fsp3) is 0.0714. The van der Waals surface area contributed by atoms with Crippen molar-refractivity contribution in [3.05, 3.63) is 33.8 Å². The van der Waals surface area contributed by atoms with Crippen molar-refractivity contribution >= 4 is 39.7 Å². The molecule has 3 aromatic heterocycles. The second-order valence-corrected chi connectivity index (χ2v) is 6.87. The van der Waals surface area contributed by atoms with Gasteiger partial charge in [0.25, 0.3) is 0 Å². The zero-order valence-corrected chi connectivity index (χ0v) is 13.0. The monoisotopic (exact) mass is 318 g/mol. The molecule has 3 aromatic rings. The average Bonchev–Trinajstić information content (AvgIpc) is 3.17. The first-order chi connectivity index (χ1) is 9.74. The first kappa shape index (κ1) is 13.2. The molecule has 2 N–H and O–H groups in total. The van der Waals surface area contributed by atoms with Gasteiger partial charge >= 0.3 is 0 Å². The summed E-state index contributed by atoms with van der Waals surface area (Å²) in [6.45, 7) is 0. The number of nitrogen functional groups attached to an aromatic ring is 1. The lowest BCUT2D eigenvalue weighted by Crippen LogP contribution is -1.87. The van der Waals surface area contributed by atoms with Crippen LogP contribution in [0.3, 0.4) is 0 Å². The minimum atomic E-state index is 0.566. The minimum Gasteiger partial charge on any atom is -0.496 e. The fourth-order valence-electron chi connectivity index (χ4n) is 1.91. The number of hydrogen-bond donors (Lipinski definition) is 1. The van der Waals surface area contributed by atoms with Gasteiger partial charge in [0.15, 0.2) is 0 Å². The van der Waals surface area contributed by atoms with Gasteiger partial charge in [0.2, 0.25) is 0 Å². The maximum absolute atomic E-state index is 9.21. The van der Waals surface area contributed by atoms with E-state index in [1.165, 1.54) is 11.3 Å². The van der Waals surface area contributed by atoms with E-state index in [0.717, 1.165) is 25.9 Å². The van der Waals surface area contributed by atoms with E-state index in [0.29, 0.717) is 10.6 Å². The van der Waals surface area contributed by atoms with Crippen LogP contribution in [0.25, 0.3) is 20.2 Å². The molecule has 20 heavy (non-hydrogen) atoms. The average molecular weight is 318 g/mol. The number of hydrogen-bond acceptors (Lipinski definition) is 6. The second kappa shape index (κ2) is 5.29. The molecule has 0 spiro atoms. The Morgan fingerprint density at radius 3 is 2.75 bits per heavy atom. The molecule has 0 aliphatic heterocycles. The number of nitriles is 1. The van der Waals surface area contributed by atoms with Crippen molar-refractivity contribution in [3.8, 4) is 32.0 Å². The number of nitrogens with zero attached hydrogens (tertiary/aromatic N) is 1. The van der Waals surface area contributed by atoms with Gasteiger partial charge in [-0.15, -0.1) is 34.0 Å². The number of thiophene rings is 3. The molecule has 100 valence electrons. The summed E-state index contributed by atoms with van der Waals surface area (Å²) in [6.07, 6.45) is 0. The Kier molecular flexibility index (Phi) is 3.49. The number of anilines is 1. The predicted molar refractivity (Wildman–Crippen MR) is 86.6 cm³/mol. The quantitative estimate of drug-likeness (QED) is 0.763. The Balaban J connectivity index is 2.22. The Labute approximate surface area is 128 Å². The lowest BCUT2D eigenvalue weighted by molar-refractivity contribution is 0.417. The minimum absolute atomic E-state index is 0.566. The van der Waals surface area contributed by atoms with Crippen molar-refractivity contribution in [2.45, 2.75) is 0 Å². The second-order valence-electron chi connectivity index (χ2n) is 3.99. The van der Waals surface area contributed by atoms with Crippen molar-refractivity contribution in [1.29, 1.82) is 5.26 Å². The molecule has 0 saturated carbocycles. The van der Waals surface area contributed by atoms with E-state index in [9.17, 15) is 5.26 Å². The molecule has 3 heterocycles. The third-order valence-corrected chi connectivity index (χ3v) is 5.94.